The third-order valence-corrected chi connectivity index (χ3v) is 7.16. The maximum atomic E-state index is 5.82. The van der Waals surface area contributed by atoms with Crippen molar-refractivity contribution in [3.63, 3.8) is 0 Å². The van der Waals surface area contributed by atoms with E-state index in [0.717, 1.165) is 11.8 Å². The van der Waals surface area contributed by atoms with Crippen LogP contribution < -0.4 is 0 Å². The maximum Gasteiger partial charge on any atom is 0.0864 e. The van der Waals surface area contributed by atoms with Crippen molar-refractivity contribution in [2.45, 2.75) is 141 Å². The van der Waals surface area contributed by atoms with E-state index < -0.39 is 0 Å². The van der Waals surface area contributed by atoms with E-state index in [2.05, 4.69) is 12.2 Å². The highest BCUT2D eigenvalue weighted by molar-refractivity contribution is 4.88. The minimum Gasteiger partial charge on any atom is -0.473 e. The molecule has 0 bridgehead atoms. The van der Waals surface area contributed by atoms with Gasteiger partial charge in [0.05, 0.1) is 12.5 Å². The Hall–Kier alpha value is -0.720. The quantitative estimate of drug-likeness (QED) is 0.425. The number of hydrogen-bond acceptors (Lipinski definition) is 1. The van der Waals surface area contributed by atoms with Gasteiger partial charge in [-0.2, -0.15) is 0 Å². The van der Waals surface area contributed by atoms with Crippen LogP contribution in [0.15, 0.2) is 24.7 Å². The Bertz CT molecular complexity index is 349. The van der Waals surface area contributed by atoms with Crippen LogP contribution in [0.25, 0.3) is 0 Å². The third-order valence-electron chi connectivity index (χ3n) is 7.16. The first kappa shape index (κ1) is 24.5. The molecule has 0 radical (unpaired) electrons. The van der Waals surface area contributed by atoms with Gasteiger partial charge < -0.3 is 4.74 Å². The molecular weight excluding hydrogens is 352 g/mol. The summed E-state index contributed by atoms with van der Waals surface area (Å²) in [4.78, 5) is 0. The van der Waals surface area contributed by atoms with Crippen LogP contribution in [0, 0.1) is 11.8 Å². The Morgan fingerprint density at radius 1 is 0.345 bits per heavy atom. The molecule has 0 aromatic heterocycles. The molecule has 2 saturated carbocycles. The molecule has 0 saturated heterocycles. The molecule has 0 amide bonds. The fourth-order valence-corrected chi connectivity index (χ4v) is 5.13. The Labute approximate surface area is 182 Å². The molecule has 0 atom stereocenters. The monoisotopic (exact) mass is 402 g/mol. The number of rotatable bonds is 4. The zero-order chi connectivity index (χ0) is 20.2. The topological polar surface area (TPSA) is 9.23 Å². The summed E-state index contributed by atoms with van der Waals surface area (Å²) in [6.45, 7) is 0. The zero-order valence-electron chi connectivity index (χ0n) is 19.4. The summed E-state index contributed by atoms with van der Waals surface area (Å²) in [6, 6.07) is 0. The first-order valence-electron chi connectivity index (χ1n) is 13.4. The molecular formula is C28H50O. The van der Waals surface area contributed by atoms with Crippen LogP contribution in [0.1, 0.15) is 141 Å². The summed E-state index contributed by atoms with van der Waals surface area (Å²) in [5.41, 5.74) is 0. The molecule has 0 N–H and O–H groups in total. The highest BCUT2D eigenvalue weighted by atomic mass is 16.5. The first-order chi connectivity index (χ1) is 14.4. The molecule has 168 valence electrons. The number of ether oxygens (including phenoxy) is 1. The third kappa shape index (κ3) is 14.0. The van der Waals surface area contributed by atoms with Crippen molar-refractivity contribution in [1.82, 2.24) is 0 Å². The lowest BCUT2D eigenvalue weighted by Crippen LogP contribution is -1.99. The number of allylic oxidation sites excluding steroid dienone is 2. The second-order valence-corrected chi connectivity index (χ2v) is 9.83. The van der Waals surface area contributed by atoms with Gasteiger partial charge in [0.2, 0.25) is 0 Å². The molecule has 2 aliphatic rings. The highest BCUT2D eigenvalue weighted by Crippen LogP contribution is 2.23. The van der Waals surface area contributed by atoms with Crippen LogP contribution in [0.5, 0.6) is 0 Å². The Kier molecular flexibility index (Phi) is 15.3. The van der Waals surface area contributed by atoms with Crippen molar-refractivity contribution >= 4 is 0 Å². The molecule has 2 fully saturated rings. The molecule has 0 spiro atoms. The maximum absolute atomic E-state index is 5.82. The summed E-state index contributed by atoms with van der Waals surface area (Å²) < 4.78 is 5.82. The second kappa shape index (κ2) is 18.1. The molecule has 0 aliphatic heterocycles. The molecule has 0 heterocycles. The minimum atomic E-state index is 0.726. The molecule has 1 nitrogen and oxygen atoms in total. The van der Waals surface area contributed by atoms with Gasteiger partial charge in [-0.05, 0) is 49.7 Å². The van der Waals surface area contributed by atoms with Gasteiger partial charge >= 0.3 is 0 Å². The van der Waals surface area contributed by atoms with Crippen LogP contribution in [0.3, 0.4) is 0 Å². The van der Waals surface area contributed by atoms with Gasteiger partial charge in [-0.25, -0.2) is 0 Å². The van der Waals surface area contributed by atoms with E-state index in [0.29, 0.717) is 0 Å². The van der Waals surface area contributed by atoms with Crippen LogP contribution in [0.2, 0.25) is 0 Å². The van der Waals surface area contributed by atoms with Crippen LogP contribution in [0.4, 0.5) is 0 Å². The van der Waals surface area contributed by atoms with Crippen molar-refractivity contribution in [2.75, 3.05) is 0 Å². The van der Waals surface area contributed by atoms with Crippen LogP contribution >= 0.6 is 0 Å². The lowest BCUT2D eigenvalue weighted by atomic mass is 9.93. The van der Waals surface area contributed by atoms with Crippen molar-refractivity contribution in [3.8, 4) is 0 Å². The highest BCUT2D eigenvalue weighted by Gasteiger charge is 2.08. The van der Waals surface area contributed by atoms with Crippen LogP contribution in [-0.4, -0.2) is 0 Å². The summed E-state index contributed by atoms with van der Waals surface area (Å²) in [5.74, 6) is 1.45. The fourth-order valence-electron chi connectivity index (χ4n) is 5.13. The smallest absolute Gasteiger partial charge is 0.0864 e. The molecule has 2 aliphatic carbocycles. The summed E-state index contributed by atoms with van der Waals surface area (Å²) >= 11 is 0. The standard InChI is InChI=1S/C28H50O/c1-3-7-11-15-19-27(20-16-12-8-4-1)23-25-29-26-24-28-21-17-13-9-5-2-6-10-14-18-22-28/h23-28H,1-22H2. The van der Waals surface area contributed by atoms with Gasteiger partial charge in [0.15, 0.2) is 0 Å². The van der Waals surface area contributed by atoms with Crippen molar-refractivity contribution in [1.29, 1.82) is 0 Å². The van der Waals surface area contributed by atoms with E-state index in [4.69, 9.17) is 4.74 Å². The summed E-state index contributed by atoms with van der Waals surface area (Å²) in [5, 5.41) is 0. The predicted octanol–water partition coefficient (Wildman–Crippen LogP) is 9.87. The minimum absolute atomic E-state index is 0.726. The first-order valence-corrected chi connectivity index (χ1v) is 13.4. The van der Waals surface area contributed by atoms with E-state index in [1.54, 1.807) is 0 Å². The Morgan fingerprint density at radius 3 is 0.862 bits per heavy atom. The molecule has 0 unspecified atom stereocenters. The average molecular weight is 403 g/mol. The second-order valence-electron chi connectivity index (χ2n) is 9.83. The SMILES string of the molecule is C(=CC1CCCCCCCCCCC1)OC=CC1CCCCCCCCCCC1. The van der Waals surface area contributed by atoms with Crippen molar-refractivity contribution in [2.24, 2.45) is 11.8 Å². The largest absolute Gasteiger partial charge is 0.473 e. The van der Waals surface area contributed by atoms with Gasteiger partial charge in [-0.15, -0.1) is 0 Å². The zero-order valence-corrected chi connectivity index (χ0v) is 19.4. The van der Waals surface area contributed by atoms with Crippen molar-refractivity contribution < 1.29 is 4.74 Å². The Morgan fingerprint density at radius 2 is 0.586 bits per heavy atom. The lowest BCUT2D eigenvalue weighted by Gasteiger charge is -2.14. The van der Waals surface area contributed by atoms with Gasteiger partial charge in [0.1, 0.15) is 0 Å². The van der Waals surface area contributed by atoms with Gasteiger partial charge in [0.25, 0.3) is 0 Å². The van der Waals surface area contributed by atoms with Gasteiger partial charge in [-0.1, -0.05) is 116 Å². The van der Waals surface area contributed by atoms with E-state index >= 15 is 0 Å². The molecule has 2 rings (SSSR count). The van der Waals surface area contributed by atoms with E-state index in [9.17, 15) is 0 Å². The lowest BCUT2D eigenvalue weighted by molar-refractivity contribution is 0.376. The van der Waals surface area contributed by atoms with E-state index in [-0.39, 0.29) is 0 Å². The molecule has 0 aromatic rings. The summed E-state index contributed by atoms with van der Waals surface area (Å²) in [7, 11) is 0. The average Bonchev–Trinajstić information content (AvgIpc) is 2.71. The van der Waals surface area contributed by atoms with E-state index in [1.165, 1.54) is 141 Å². The van der Waals surface area contributed by atoms with E-state index in [1.807, 2.05) is 12.5 Å². The van der Waals surface area contributed by atoms with Crippen molar-refractivity contribution in [3.05, 3.63) is 24.7 Å². The summed E-state index contributed by atoms with van der Waals surface area (Å²) in [6.07, 6.45) is 39.9. The number of hydrogen-bond donors (Lipinski definition) is 0. The van der Waals surface area contributed by atoms with Gasteiger partial charge in [0, 0.05) is 0 Å². The Balaban J connectivity index is 1.69. The molecule has 1 heteroatoms. The predicted molar refractivity (Wildman–Crippen MR) is 128 cm³/mol. The normalized spacial score (nSPS) is 24.4. The van der Waals surface area contributed by atoms with Gasteiger partial charge in [-0.3, -0.25) is 0 Å². The molecule has 29 heavy (non-hydrogen) atoms. The fraction of sp³-hybridized carbons (Fsp3) is 0.857. The van der Waals surface area contributed by atoms with Crippen LogP contribution in [-0.2, 0) is 4.74 Å². The molecule has 0 aromatic carbocycles.